The molecule has 0 spiro atoms. The second kappa shape index (κ2) is 9.96. The van der Waals surface area contributed by atoms with Gasteiger partial charge >= 0.3 is 6.09 Å². The maximum Gasteiger partial charge on any atom is 0.411 e. The Balaban J connectivity index is 1.60. The predicted octanol–water partition coefficient (Wildman–Crippen LogP) is 5.37. The number of hydrogen-bond donors (Lipinski definition) is 1. The smallest absolute Gasteiger partial charge is 0.411 e. The summed E-state index contributed by atoms with van der Waals surface area (Å²) in [6.07, 6.45) is 6.48. The Morgan fingerprint density at radius 1 is 1.00 bits per heavy atom. The van der Waals surface area contributed by atoms with Gasteiger partial charge in [-0.05, 0) is 74.8 Å². The van der Waals surface area contributed by atoms with Gasteiger partial charge in [0, 0.05) is 12.3 Å². The Kier molecular flexibility index (Phi) is 6.87. The molecule has 0 aromatic heterocycles. The van der Waals surface area contributed by atoms with Crippen molar-refractivity contribution in [3.8, 4) is 0 Å². The summed E-state index contributed by atoms with van der Waals surface area (Å²) in [4.78, 5) is 27.3. The number of aryl methyl sites for hydroxylation is 2. The van der Waals surface area contributed by atoms with E-state index in [0.717, 1.165) is 61.0 Å². The summed E-state index contributed by atoms with van der Waals surface area (Å²) < 4.78 is 11.0. The van der Waals surface area contributed by atoms with Gasteiger partial charge in [-0.3, -0.25) is 15.0 Å². The van der Waals surface area contributed by atoms with Crippen molar-refractivity contribution in [2.75, 3.05) is 23.4 Å². The molecule has 164 valence electrons. The lowest BCUT2D eigenvalue weighted by molar-refractivity contribution is -0.122. The van der Waals surface area contributed by atoms with Crippen molar-refractivity contribution in [3.05, 3.63) is 53.6 Å². The Bertz CT molecular complexity index is 937. The SMILES string of the molecule is CCOCC(=O)N1c2ccccc2CCc2ccc(NC(=O)OC3CCCCC3)cc21. The topological polar surface area (TPSA) is 67.9 Å². The number of anilines is 3. The standard InChI is InChI=1S/C25H30N2O4/c1-2-30-17-24(28)27-22-11-7-6-8-18(22)12-13-19-14-15-20(16-23(19)27)26-25(29)31-21-9-4-3-5-10-21/h6-8,11,14-16,21H,2-5,9-10,12-13,17H2,1H3,(H,26,29). The summed E-state index contributed by atoms with van der Waals surface area (Å²) in [6.45, 7) is 2.35. The summed E-state index contributed by atoms with van der Waals surface area (Å²) >= 11 is 0. The fourth-order valence-corrected chi connectivity index (χ4v) is 4.40. The molecule has 0 saturated heterocycles. The average molecular weight is 423 g/mol. The van der Waals surface area contributed by atoms with Crippen LogP contribution in [-0.2, 0) is 27.1 Å². The molecule has 0 bridgehead atoms. The number of carbonyl (C=O) groups excluding carboxylic acids is 2. The highest BCUT2D eigenvalue weighted by Crippen LogP contribution is 2.37. The van der Waals surface area contributed by atoms with E-state index in [0.29, 0.717) is 12.3 Å². The van der Waals surface area contributed by atoms with E-state index in [1.54, 1.807) is 4.90 Å². The summed E-state index contributed by atoms with van der Waals surface area (Å²) in [5.41, 5.74) is 4.45. The molecular weight excluding hydrogens is 392 g/mol. The zero-order chi connectivity index (χ0) is 21.6. The minimum Gasteiger partial charge on any atom is -0.446 e. The normalized spacial score (nSPS) is 16.1. The van der Waals surface area contributed by atoms with E-state index in [4.69, 9.17) is 9.47 Å². The van der Waals surface area contributed by atoms with Crippen LogP contribution < -0.4 is 10.2 Å². The lowest BCUT2D eigenvalue weighted by Crippen LogP contribution is -2.30. The van der Waals surface area contributed by atoms with Crippen molar-refractivity contribution in [1.29, 1.82) is 0 Å². The first kappa shape index (κ1) is 21.4. The Hall–Kier alpha value is -2.86. The number of ether oxygens (including phenoxy) is 2. The Morgan fingerprint density at radius 3 is 2.52 bits per heavy atom. The highest BCUT2D eigenvalue weighted by atomic mass is 16.6. The van der Waals surface area contributed by atoms with E-state index < -0.39 is 6.09 Å². The lowest BCUT2D eigenvalue weighted by atomic mass is 9.98. The number of rotatable bonds is 5. The van der Waals surface area contributed by atoms with Gasteiger partial charge in [-0.15, -0.1) is 0 Å². The van der Waals surface area contributed by atoms with Crippen LogP contribution in [0.25, 0.3) is 0 Å². The van der Waals surface area contributed by atoms with Crippen LogP contribution in [0.15, 0.2) is 42.5 Å². The first-order chi connectivity index (χ1) is 15.2. The van der Waals surface area contributed by atoms with Gasteiger partial charge in [-0.2, -0.15) is 0 Å². The largest absolute Gasteiger partial charge is 0.446 e. The third kappa shape index (κ3) is 5.07. The zero-order valence-corrected chi connectivity index (χ0v) is 18.1. The van der Waals surface area contributed by atoms with Crippen LogP contribution >= 0.6 is 0 Å². The monoisotopic (exact) mass is 422 g/mol. The number of carbonyl (C=O) groups is 2. The molecule has 2 aliphatic rings. The van der Waals surface area contributed by atoms with Crippen molar-refractivity contribution in [2.24, 2.45) is 0 Å². The van der Waals surface area contributed by atoms with E-state index in [9.17, 15) is 9.59 Å². The first-order valence-corrected chi connectivity index (χ1v) is 11.2. The Labute approximate surface area is 183 Å². The number of amides is 2. The van der Waals surface area contributed by atoms with Crippen molar-refractivity contribution in [1.82, 2.24) is 0 Å². The van der Waals surface area contributed by atoms with Crippen LogP contribution in [0.4, 0.5) is 21.9 Å². The molecule has 0 atom stereocenters. The first-order valence-electron chi connectivity index (χ1n) is 11.2. The van der Waals surface area contributed by atoms with Crippen LogP contribution in [0, 0.1) is 0 Å². The molecular formula is C25H30N2O4. The number of para-hydroxylation sites is 1. The fourth-order valence-electron chi connectivity index (χ4n) is 4.40. The Morgan fingerprint density at radius 2 is 1.74 bits per heavy atom. The van der Waals surface area contributed by atoms with Gasteiger partial charge in [-0.25, -0.2) is 4.79 Å². The number of benzene rings is 2. The van der Waals surface area contributed by atoms with Crippen LogP contribution in [-0.4, -0.2) is 31.3 Å². The molecule has 6 heteroatoms. The highest BCUT2D eigenvalue weighted by molar-refractivity contribution is 6.03. The van der Waals surface area contributed by atoms with Gasteiger partial charge in [0.25, 0.3) is 5.91 Å². The van der Waals surface area contributed by atoms with Gasteiger partial charge in [0.1, 0.15) is 12.7 Å². The number of fused-ring (bicyclic) bond motifs is 2. The third-order valence-corrected chi connectivity index (χ3v) is 5.97. The van der Waals surface area contributed by atoms with Crippen molar-refractivity contribution < 1.29 is 19.1 Å². The maximum absolute atomic E-state index is 13.1. The van der Waals surface area contributed by atoms with Gasteiger partial charge in [0.2, 0.25) is 0 Å². The van der Waals surface area contributed by atoms with E-state index in [1.165, 1.54) is 6.42 Å². The number of hydrogen-bond acceptors (Lipinski definition) is 4. The van der Waals surface area contributed by atoms with E-state index >= 15 is 0 Å². The minimum absolute atomic E-state index is 0.00561. The molecule has 0 unspecified atom stereocenters. The average Bonchev–Trinajstić information content (AvgIpc) is 2.94. The van der Waals surface area contributed by atoms with Gasteiger partial charge < -0.3 is 9.47 Å². The summed E-state index contributed by atoms with van der Waals surface area (Å²) in [5, 5.41) is 2.86. The number of nitrogens with one attached hydrogen (secondary N) is 1. The van der Waals surface area contributed by atoms with Crippen LogP contribution in [0.1, 0.15) is 50.2 Å². The van der Waals surface area contributed by atoms with Crippen LogP contribution in [0.3, 0.4) is 0 Å². The molecule has 1 N–H and O–H groups in total. The number of nitrogens with zero attached hydrogens (tertiary/aromatic N) is 1. The quantitative estimate of drug-likeness (QED) is 0.704. The molecule has 1 heterocycles. The van der Waals surface area contributed by atoms with Crippen LogP contribution in [0.5, 0.6) is 0 Å². The second-order valence-electron chi connectivity index (χ2n) is 8.13. The highest BCUT2D eigenvalue weighted by Gasteiger charge is 2.26. The predicted molar refractivity (Wildman–Crippen MR) is 121 cm³/mol. The molecule has 1 aliphatic carbocycles. The van der Waals surface area contributed by atoms with Gasteiger partial charge in [0.05, 0.1) is 11.4 Å². The zero-order valence-electron chi connectivity index (χ0n) is 18.1. The van der Waals surface area contributed by atoms with E-state index in [1.807, 2.05) is 43.3 Å². The maximum atomic E-state index is 13.1. The third-order valence-electron chi connectivity index (χ3n) is 5.97. The van der Waals surface area contributed by atoms with Gasteiger partial charge in [-0.1, -0.05) is 30.7 Å². The summed E-state index contributed by atoms with van der Waals surface area (Å²) in [7, 11) is 0. The molecule has 2 aromatic carbocycles. The fraction of sp³-hybridized carbons (Fsp3) is 0.440. The van der Waals surface area contributed by atoms with Crippen molar-refractivity contribution in [3.63, 3.8) is 0 Å². The molecule has 1 saturated carbocycles. The second-order valence-corrected chi connectivity index (χ2v) is 8.13. The molecule has 31 heavy (non-hydrogen) atoms. The summed E-state index contributed by atoms with van der Waals surface area (Å²) in [5.74, 6) is -0.126. The van der Waals surface area contributed by atoms with Gasteiger partial charge in [0.15, 0.2) is 0 Å². The molecule has 6 nitrogen and oxygen atoms in total. The molecule has 4 rings (SSSR count). The molecule has 0 radical (unpaired) electrons. The van der Waals surface area contributed by atoms with Crippen LogP contribution in [0.2, 0.25) is 0 Å². The molecule has 2 amide bonds. The summed E-state index contributed by atoms with van der Waals surface area (Å²) in [6, 6.07) is 13.7. The molecule has 2 aromatic rings. The van der Waals surface area contributed by atoms with E-state index in [2.05, 4.69) is 11.4 Å². The van der Waals surface area contributed by atoms with E-state index in [-0.39, 0.29) is 18.6 Å². The minimum atomic E-state index is -0.437. The van der Waals surface area contributed by atoms with Crippen molar-refractivity contribution >= 4 is 29.1 Å². The van der Waals surface area contributed by atoms with Crippen molar-refractivity contribution in [2.45, 2.75) is 58.0 Å². The lowest BCUT2D eigenvalue weighted by Gasteiger charge is -2.26. The molecule has 1 fully saturated rings. The molecule has 1 aliphatic heterocycles.